The number of aryl methyl sites for hydroxylation is 1. The second-order valence-electron chi connectivity index (χ2n) is 3.66. The third-order valence-electron chi connectivity index (χ3n) is 2.68. The zero-order chi connectivity index (χ0) is 12.0. The highest BCUT2D eigenvalue weighted by molar-refractivity contribution is 5.76. The van der Waals surface area contributed by atoms with E-state index in [0.717, 1.165) is 0 Å². The van der Waals surface area contributed by atoms with Gasteiger partial charge < -0.3 is 4.90 Å². The Morgan fingerprint density at radius 3 is 2.44 bits per heavy atom. The maximum absolute atomic E-state index is 13.3. The molecule has 0 saturated carbocycles. The molecule has 0 saturated heterocycles. The molecule has 0 N–H and O–H groups in total. The summed E-state index contributed by atoms with van der Waals surface area (Å²) in [5.74, 6) is -0.136. The quantitative estimate of drug-likeness (QED) is 0.751. The number of amides is 1. The number of carbonyl (C=O) groups is 1. The molecule has 3 heteroatoms. The van der Waals surface area contributed by atoms with Crippen LogP contribution in [0.15, 0.2) is 24.3 Å². The lowest BCUT2D eigenvalue weighted by atomic mass is 10.1. The van der Waals surface area contributed by atoms with Crippen molar-refractivity contribution in [3.8, 4) is 0 Å². The molecule has 0 heterocycles. The molecule has 16 heavy (non-hydrogen) atoms. The summed E-state index contributed by atoms with van der Waals surface area (Å²) in [6, 6.07) is 6.60. The Bertz CT molecular complexity index is 348. The molecule has 1 aromatic rings. The van der Waals surface area contributed by atoms with Crippen LogP contribution in [0.1, 0.15) is 25.8 Å². The van der Waals surface area contributed by atoms with E-state index in [-0.39, 0.29) is 11.7 Å². The smallest absolute Gasteiger partial charge is 0.222 e. The zero-order valence-corrected chi connectivity index (χ0v) is 9.87. The number of hydrogen-bond acceptors (Lipinski definition) is 1. The molecule has 0 aliphatic carbocycles. The van der Waals surface area contributed by atoms with Crippen LogP contribution in [0, 0.1) is 5.82 Å². The monoisotopic (exact) mass is 223 g/mol. The third kappa shape index (κ3) is 3.33. The van der Waals surface area contributed by atoms with Gasteiger partial charge in [-0.3, -0.25) is 4.79 Å². The Morgan fingerprint density at radius 2 is 1.88 bits per heavy atom. The van der Waals surface area contributed by atoms with Crippen molar-refractivity contribution < 1.29 is 9.18 Å². The van der Waals surface area contributed by atoms with Gasteiger partial charge >= 0.3 is 0 Å². The molecule has 0 fully saturated rings. The summed E-state index contributed by atoms with van der Waals surface area (Å²) in [7, 11) is 0. The van der Waals surface area contributed by atoms with Crippen LogP contribution in [-0.4, -0.2) is 23.9 Å². The normalized spacial score (nSPS) is 10.2. The van der Waals surface area contributed by atoms with Gasteiger partial charge in [0.25, 0.3) is 0 Å². The first kappa shape index (κ1) is 12.7. The van der Waals surface area contributed by atoms with Crippen molar-refractivity contribution in [2.75, 3.05) is 13.1 Å². The van der Waals surface area contributed by atoms with E-state index >= 15 is 0 Å². The van der Waals surface area contributed by atoms with Crippen LogP contribution in [0.3, 0.4) is 0 Å². The molecule has 0 aliphatic rings. The Balaban J connectivity index is 2.52. The van der Waals surface area contributed by atoms with E-state index in [1.165, 1.54) is 6.07 Å². The van der Waals surface area contributed by atoms with Gasteiger partial charge in [0.2, 0.25) is 5.91 Å². The first-order valence-corrected chi connectivity index (χ1v) is 5.70. The van der Waals surface area contributed by atoms with E-state index < -0.39 is 0 Å². The van der Waals surface area contributed by atoms with Crippen LogP contribution < -0.4 is 0 Å². The molecule has 0 aliphatic heterocycles. The van der Waals surface area contributed by atoms with E-state index in [0.29, 0.717) is 31.5 Å². The van der Waals surface area contributed by atoms with Crippen molar-refractivity contribution in [1.82, 2.24) is 4.90 Å². The molecule has 0 bridgehead atoms. The molecule has 0 radical (unpaired) electrons. The predicted molar refractivity (Wildman–Crippen MR) is 62.6 cm³/mol. The molecule has 88 valence electrons. The molecule has 2 nitrogen and oxygen atoms in total. The van der Waals surface area contributed by atoms with Crippen LogP contribution in [0.4, 0.5) is 4.39 Å². The van der Waals surface area contributed by atoms with Crippen LogP contribution in [0.25, 0.3) is 0 Å². The van der Waals surface area contributed by atoms with Gasteiger partial charge in [0.05, 0.1) is 0 Å². The number of hydrogen-bond donors (Lipinski definition) is 0. The van der Waals surface area contributed by atoms with Gasteiger partial charge in [-0.05, 0) is 31.9 Å². The maximum Gasteiger partial charge on any atom is 0.222 e. The summed E-state index contributed by atoms with van der Waals surface area (Å²) in [6.07, 6.45) is 0.852. The first-order valence-electron chi connectivity index (χ1n) is 5.70. The standard InChI is InChI=1S/C13H18FNO/c1-3-15(4-2)13(16)10-9-11-7-5-6-8-12(11)14/h5-8H,3-4,9-10H2,1-2H3. The fourth-order valence-electron chi connectivity index (χ4n) is 1.68. The summed E-state index contributed by atoms with van der Waals surface area (Å²) >= 11 is 0. The average Bonchev–Trinajstić information content (AvgIpc) is 2.29. The Morgan fingerprint density at radius 1 is 1.25 bits per heavy atom. The van der Waals surface area contributed by atoms with Gasteiger partial charge in [0.15, 0.2) is 0 Å². The predicted octanol–water partition coefficient (Wildman–Crippen LogP) is 2.63. The van der Waals surface area contributed by atoms with Crippen LogP contribution in [0.5, 0.6) is 0 Å². The first-order chi connectivity index (χ1) is 7.69. The minimum Gasteiger partial charge on any atom is -0.343 e. The lowest BCUT2D eigenvalue weighted by Gasteiger charge is -2.18. The fourth-order valence-corrected chi connectivity index (χ4v) is 1.68. The van der Waals surface area contributed by atoms with E-state index in [1.807, 2.05) is 13.8 Å². The average molecular weight is 223 g/mol. The summed E-state index contributed by atoms with van der Waals surface area (Å²) in [5.41, 5.74) is 0.614. The molecule has 1 rings (SSSR count). The van der Waals surface area contributed by atoms with E-state index in [2.05, 4.69) is 0 Å². The van der Waals surface area contributed by atoms with E-state index in [1.54, 1.807) is 23.1 Å². The van der Waals surface area contributed by atoms with Crippen LogP contribution in [-0.2, 0) is 11.2 Å². The van der Waals surface area contributed by atoms with Gasteiger partial charge in [-0.2, -0.15) is 0 Å². The molecule has 0 atom stereocenters. The third-order valence-corrected chi connectivity index (χ3v) is 2.68. The molecular weight excluding hydrogens is 205 g/mol. The fraction of sp³-hybridized carbons (Fsp3) is 0.462. The van der Waals surface area contributed by atoms with Gasteiger partial charge in [-0.15, -0.1) is 0 Å². The van der Waals surface area contributed by atoms with Crippen LogP contribution >= 0.6 is 0 Å². The molecule has 1 aromatic carbocycles. The SMILES string of the molecule is CCN(CC)C(=O)CCc1ccccc1F. The summed E-state index contributed by atoms with van der Waals surface area (Å²) in [5, 5.41) is 0. The van der Waals surface area contributed by atoms with Crippen molar-refractivity contribution >= 4 is 5.91 Å². The van der Waals surface area contributed by atoms with E-state index in [4.69, 9.17) is 0 Å². The van der Waals surface area contributed by atoms with Crippen molar-refractivity contribution in [2.45, 2.75) is 26.7 Å². The Kier molecular flexibility index (Phi) is 4.96. The topological polar surface area (TPSA) is 20.3 Å². The molecule has 0 spiro atoms. The largest absolute Gasteiger partial charge is 0.343 e. The number of benzene rings is 1. The van der Waals surface area contributed by atoms with E-state index in [9.17, 15) is 9.18 Å². The minimum atomic E-state index is -0.227. The maximum atomic E-state index is 13.3. The molecule has 1 amide bonds. The van der Waals surface area contributed by atoms with Gasteiger partial charge in [0, 0.05) is 19.5 Å². The summed E-state index contributed by atoms with van der Waals surface area (Å²) < 4.78 is 13.3. The number of nitrogens with zero attached hydrogens (tertiary/aromatic N) is 1. The molecular formula is C13H18FNO. The van der Waals surface area contributed by atoms with Crippen molar-refractivity contribution in [3.05, 3.63) is 35.6 Å². The highest BCUT2D eigenvalue weighted by Gasteiger charge is 2.10. The highest BCUT2D eigenvalue weighted by Crippen LogP contribution is 2.09. The second kappa shape index (κ2) is 6.26. The highest BCUT2D eigenvalue weighted by atomic mass is 19.1. The summed E-state index contributed by atoms with van der Waals surface area (Å²) in [6.45, 7) is 5.33. The van der Waals surface area contributed by atoms with Gasteiger partial charge in [0.1, 0.15) is 5.82 Å². The molecule has 0 unspecified atom stereocenters. The molecule has 0 aromatic heterocycles. The number of rotatable bonds is 5. The minimum absolute atomic E-state index is 0.0910. The summed E-state index contributed by atoms with van der Waals surface area (Å²) in [4.78, 5) is 13.5. The Labute approximate surface area is 96.1 Å². The zero-order valence-electron chi connectivity index (χ0n) is 9.87. The lowest BCUT2D eigenvalue weighted by molar-refractivity contribution is -0.130. The van der Waals surface area contributed by atoms with Crippen molar-refractivity contribution in [1.29, 1.82) is 0 Å². The van der Waals surface area contributed by atoms with Crippen molar-refractivity contribution in [2.24, 2.45) is 0 Å². The lowest BCUT2D eigenvalue weighted by Crippen LogP contribution is -2.30. The number of halogens is 1. The Hall–Kier alpha value is -1.38. The number of carbonyl (C=O) groups excluding carboxylic acids is 1. The van der Waals surface area contributed by atoms with Gasteiger partial charge in [-0.1, -0.05) is 18.2 Å². The van der Waals surface area contributed by atoms with Gasteiger partial charge in [-0.25, -0.2) is 4.39 Å². The van der Waals surface area contributed by atoms with Crippen LogP contribution in [0.2, 0.25) is 0 Å². The second-order valence-corrected chi connectivity index (χ2v) is 3.66. The van der Waals surface area contributed by atoms with Crippen molar-refractivity contribution in [3.63, 3.8) is 0 Å².